The Morgan fingerprint density at radius 3 is 2.79 bits per heavy atom. The minimum Gasteiger partial charge on any atom is -0.492 e. The van der Waals surface area contributed by atoms with Gasteiger partial charge in [0.2, 0.25) is 5.43 Å². The second-order valence-electron chi connectivity index (χ2n) is 7.30. The van der Waals surface area contributed by atoms with Crippen LogP contribution in [0.15, 0.2) is 29.6 Å². The number of methoxy groups -OCH3 is 1. The number of ether oxygens (including phenoxy) is 1. The van der Waals surface area contributed by atoms with Crippen molar-refractivity contribution in [3.63, 3.8) is 0 Å². The molecule has 3 heterocycles. The zero-order valence-electron chi connectivity index (χ0n) is 15.6. The van der Waals surface area contributed by atoms with Crippen LogP contribution in [0, 0.1) is 5.82 Å². The fraction of sp³-hybridized carbons (Fsp3) is 0.300. The average molecular weight is 396 g/mol. The van der Waals surface area contributed by atoms with Gasteiger partial charge in [0, 0.05) is 30.5 Å². The minimum atomic E-state index is -1.33. The maximum Gasteiger partial charge on any atom is 0.341 e. The molecule has 0 amide bonds. The third-order valence-electron chi connectivity index (χ3n) is 5.47. The summed E-state index contributed by atoms with van der Waals surface area (Å²) in [4.78, 5) is 34.3. The molecule has 1 saturated carbocycles. The van der Waals surface area contributed by atoms with E-state index in [0.29, 0.717) is 18.6 Å². The maximum absolute atomic E-state index is 15.3. The van der Waals surface area contributed by atoms with Crippen LogP contribution >= 0.6 is 0 Å². The van der Waals surface area contributed by atoms with Gasteiger partial charge < -0.3 is 19.3 Å². The molecule has 8 nitrogen and oxygen atoms in total. The van der Waals surface area contributed by atoms with Crippen LogP contribution in [-0.2, 0) is 13.1 Å². The molecule has 1 aliphatic heterocycles. The van der Waals surface area contributed by atoms with Crippen molar-refractivity contribution in [3.05, 3.63) is 57.6 Å². The lowest BCUT2D eigenvalue weighted by atomic mass is 10.1. The summed E-state index contributed by atoms with van der Waals surface area (Å²) < 4.78 is 22.6. The Kier molecular flexibility index (Phi) is 3.80. The highest BCUT2D eigenvalue weighted by molar-refractivity contribution is 5.97. The van der Waals surface area contributed by atoms with Crippen LogP contribution < -0.4 is 15.1 Å². The lowest BCUT2D eigenvalue weighted by Crippen LogP contribution is -2.22. The van der Waals surface area contributed by atoms with E-state index in [1.54, 1.807) is 15.7 Å². The predicted octanol–water partition coefficient (Wildman–Crippen LogP) is 2.49. The Bertz CT molecular complexity index is 1210. The van der Waals surface area contributed by atoms with E-state index in [-0.39, 0.29) is 28.4 Å². The summed E-state index contributed by atoms with van der Waals surface area (Å²) >= 11 is 0. The molecule has 9 heteroatoms. The summed E-state index contributed by atoms with van der Waals surface area (Å²) in [5.74, 6) is -1.75. The Hall–Kier alpha value is -3.49. The molecule has 29 heavy (non-hydrogen) atoms. The van der Waals surface area contributed by atoms with Gasteiger partial charge in [0.1, 0.15) is 17.6 Å². The van der Waals surface area contributed by atoms with E-state index in [2.05, 4.69) is 9.97 Å². The summed E-state index contributed by atoms with van der Waals surface area (Å²) in [5.41, 5.74) is 1.27. The van der Waals surface area contributed by atoms with Crippen molar-refractivity contribution < 1.29 is 19.0 Å². The van der Waals surface area contributed by atoms with Gasteiger partial charge in [0.25, 0.3) is 0 Å². The highest BCUT2D eigenvalue weighted by Gasteiger charge is 2.32. The Morgan fingerprint density at radius 2 is 2.14 bits per heavy atom. The first-order valence-electron chi connectivity index (χ1n) is 9.21. The number of nitrogens with zero attached hydrogens (tertiary/aromatic N) is 4. The van der Waals surface area contributed by atoms with E-state index in [1.165, 1.54) is 19.6 Å². The lowest BCUT2D eigenvalue weighted by molar-refractivity contribution is 0.0695. The molecule has 1 N–H and O–H groups in total. The standard InChI is InChI=1S/C20H17FN4O4/c1-29-19-16-12(18(26)13(20(27)28)7-25(16)11-2-3-11)4-14(21)17(19)24-6-10-5-22-9-23-15(10)8-24/h4-5,7,9,11H,2-3,6,8H2,1H3,(H,27,28). The van der Waals surface area contributed by atoms with Crippen molar-refractivity contribution >= 4 is 22.6 Å². The fourth-order valence-electron chi connectivity index (χ4n) is 3.98. The Morgan fingerprint density at radius 1 is 1.34 bits per heavy atom. The van der Waals surface area contributed by atoms with Crippen molar-refractivity contribution in [2.75, 3.05) is 12.0 Å². The number of benzene rings is 1. The number of halogens is 1. The van der Waals surface area contributed by atoms with Crippen LogP contribution in [0.5, 0.6) is 5.75 Å². The van der Waals surface area contributed by atoms with Gasteiger partial charge in [0.15, 0.2) is 11.6 Å². The van der Waals surface area contributed by atoms with E-state index in [4.69, 9.17) is 4.74 Å². The van der Waals surface area contributed by atoms with Gasteiger partial charge in [0.05, 0.1) is 30.3 Å². The van der Waals surface area contributed by atoms with Gasteiger partial charge in [-0.3, -0.25) is 4.79 Å². The number of anilines is 1. The molecule has 1 aromatic carbocycles. The van der Waals surface area contributed by atoms with E-state index < -0.39 is 17.2 Å². The smallest absolute Gasteiger partial charge is 0.341 e. The first kappa shape index (κ1) is 17.6. The summed E-state index contributed by atoms with van der Waals surface area (Å²) in [5, 5.41) is 9.42. The molecule has 1 aliphatic carbocycles. The van der Waals surface area contributed by atoms with E-state index >= 15 is 4.39 Å². The first-order valence-corrected chi connectivity index (χ1v) is 9.21. The number of rotatable bonds is 4. The van der Waals surface area contributed by atoms with Crippen LogP contribution in [0.2, 0.25) is 0 Å². The number of aromatic carboxylic acids is 1. The molecule has 2 aromatic heterocycles. The number of pyridine rings is 1. The molecule has 0 unspecified atom stereocenters. The van der Waals surface area contributed by atoms with Crippen molar-refractivity contribution in [3.8, 4) is 5.75 Å². The van der Waals surface area contributed by atoms with Crippen LogP contribution in [0.25, 0.3) is 10.9 Å². The molecule has 0 spiro atoms. The van der Waals surface area contributed by atoms with Gasteiger partial charge in [-0.1, -0.05) is 0 Å². The molecule has 5 rings (SSSR count). The Labute approximate surface area is 164 Å². The third-order valence-corrected chi connectivity index (χ3v) is 5.47. The van der Waals surface area contributed by atoms with Crippen molar-refractivity contribution in [1.82, 2.24) is 14.5 Å². The van der Waals surface area contributed by atoms with Crippen molar-refractivity contribution in [1.29, 1.82) is 0 Å². The van der Waals surface area contributed by atoms with Crippen LogP contribution in [0.4, 0.5) is 10.1 Å². The number of hydrogen-bond donors (Lipinski definition) is 1. The van der Waals surface area contributed by atoms with Crippen LogP contribution in [-0.4, -0.2) is 32.7 Å². The number of carbonyl (C=O) groups is 1. The second kappa shape index (κ2) is 6.26. The SMILES string of the molecule is COc1c(N2Cc3cncnc3C2)c(F)cc2c(=O)c(C(=O)O)cn(C3CC3)c12. The normalized spacial score (nSPS) is 15.6. The molecule has 3 aromatic rings. The van der Waals surface area contributed by atoms with Gasteiger partial charge in [-0.2, -0.15) is 0 Å². The van der Waals surface area contributed by atoms with Crippen LogP contribution in [0.1, 0.15) is 40.5 Å². The number of carboxylic acids is 1. The number of aromatic nitrogens is 3. The largest absolute Gasteiger partial charge is 0.492 e. The van der Waals surface area contributed by atoms with Gasteiger partial charge in [-0.05, 0) is 18.9 Å². The number of hydrogen-bond acceptors (Lipinski definition) is 6. The lowest BCUT2D eigenvalue weighted by Gasteiger charge is -2.24. The molecule has 0 atom stereocenters. The third kappa shape index (κ3) is 2.65. The van der Waals surface area contributed by atoms with E-state index in [1.807, 2.05) is 0 Å². The topological polar surface area (TPSA) is 97.6 Å². The van der Waals surface area contributed by atoms with Gasteiger partial charge in [-0.15, -0.1) is 0 Å². The summed E-state index contributed by atoms with van der Waals surface area (Å²) in [7, 11) is 1.42. The van der Waals surface area contributed by atoms with Crippen LogP contribution in [0.3, 0.4) is 0 Å². The fourth-order valence-corrected chi connectivity index (χ4v) is 3.98. The Balaban J connectivity index is 1.78. The van der Waals surface area contributed by atoms with E-state index in [9.17, 15) is 14.7 Å². The first-order chi connectivity index (χ1) is 14.0. The minimum absolute atomic E-state index is 0.00593. The molecule has 0 radical (unpaired) electrons. The van der Waals surface area contributed by atoms with Gasteiger partial charge in [-0.25, -0.2) is 19.2 Å². The molecular formula is C20H17FN4O4. The van der Waals surface area contributed by atoms with Crippen molar-refractivity contribution in [2.45, 2.75) is 32.0 Å². The average Bonchev–Trinajstić information content (AvgIpc) is 3.45. The molecule has 0 saturated heterocycles. The molecular weight excluding hydrogens is 379 g/mol. The monoisotopic (exact) mass is 396 g/mol. The summed E-state index contributed by atoms with van der Waals surface area (Å²) in [6, 6.07) is 1.18. The van der Waals surface area contributed by atoms with Crippen molar-refractivity contribution in [2.24, 2.45) is 0 Å². The molecule has 0 bridgehead atoms. The second-order valence-corrected chi connectivity index (χ2v) is 7.30. The quantitative estimate of drug-likeness (QED) is 0.724. The zero-order valence-corrected chi connectivity index (χ0v) is 15.6. The summed E-state index contributed by atoms with van der Waals surface area (Å²) in [6.45, 7) is 0.799. The molecule has 1 fully saturated rings. The number of carboxylic acid groups (broad SMARTS) is 1. The molecule has 2 aliphatic rings. The number of fused-ring (bicyclic) bond motifs is 2. The summed E-state index contributed by atoms with van der Waals surface area (Å²) in [6.07, 6.45) is 6.22. The van der Waals surface area contributed by atoms with E-state index in [0.717, 1.165) is 30.2 Å². The van der Waals surface area contributed by atoms with Gasteiger partial charge >= 0.3 is 5.97 Å². The zero-order chi connectivity index (χ0) is 20.3. The molecule has 148 valence electrons. The highest BCUT2D eigenvalue weighted by Crippen LogP contribution is 2.45. The maximum atomic E-state index is 15.3. The predicted molar refractivity (Wildman–Crippen MR) is 102 cm³/mol. The highest BCUT2D eigenvalue weighted by atomic mass is 19.1.